The highest BCUT2D eigenvalue weighted by Gasteiger charge is 2.18. The molecule has 1 saturated heterocycles. The third-order valence-corrected chi connectivity index (χ3v) is 3.83. The summed E-state index contributed by atoms with van der Waals surface area (Å²) in [5.41, 5.74) is 1.98. The Morgan fingerprint density at radius 3 is 2.62 bits per heavy atom. The van der Waals surface area contributed by atoms with Gasteiger partial charge in [0.15, 0.2) is 0 Å². The number of aromatic nitrogens is 1. The van der Waals surface area contributed by atoms with Crippen molar-refractivity contribution in [2.24, 2.45) is 0 Å². The number of hydrogen-bond donors (Lipinski definition) is 3. The third kappa shape index (κ3) is 3.94. The van der Waals surface area contributed by atoms with Crippen LogP contribution >= 0.6 is 11.6 Å². The van der Waals surface area contributed by atoms with Gasteiger partial charge >= 0.3 is 6.03 Å². The number of halogens is 1. The van der Waals surface area contributed by atoms with Gasteiger partial charge in [0.05, 0.1) is 17.3 Å². The first-order chi connectivity index (χ1) is 11.6. The molecular formula is C16H16ClN5O2. The van der Waals surface area contributed by atoms with Crippen molar-refractivity contribution >= 4 is 40.6 Å². The monoisotopic (exact) mass is 345 g/mol. The van der Waals surface area contributed by atoms with Gasteiger partial charge < -0.3 is 20.9 Å². The summed E-state index contributed by atoms with van der Waals surface area (Å²) >= 11 is 6.30. The van der Waals surface area contributed by atoms with Crippen molar-refractivity contribution in [3.05, 3.63) is 47.7 Å². The Labute approximate surface area is 144 Å². The van der Waals surface area contributed by atoms with Crippen molar-refractivity contribution in [3.8, 4) is 0 Å². The lowest BCUT2D eigenvalue weighted by atomic mass is 10.2. The second-order valence-corrected chi connectivity index (χ2v) is 5.66. The zero-order chi connectivity index (χ0) is 16.9. The highest BCUT2D eigenvalue weighted by atomic mass is 35.5. The van der Waals surface area contributed by atoms with Crippen LogP contribution in [0.3, 0.4) is 0 Å². The number of benzene rings is 1. The minimum atomic E-state index is -0.373. The van der Waals surface area contributed by atoms with Gasteiger partial charge in [-0.25, -0.2) is 4.79 Å². The van der Waals surface area contributed by atoms with E-state index in [1.165, 1.54) is 0 Å². The van der Waals surface area contributed by atoms with Crippen molar-refractivity contribution in [3.63, 3.8) is 0 Å². The van der Waals surface area contributed by atoms with Crippen LogP contribution in [0.1, 0.15) is 0 Å². The van der Waals surface area contributed by atoms with Gasteiger partial charge in [0.1, 0.15) is 0 Å². The van der Waals surface area contributed by atoms with Crippen LogP contribution in [0, 0.1) is 0 Å². The maximum absolute atomic E-state index is 12.0. The summed E-state index contributed by atoms with van der Waals surface area (Å²) in [6, 6.07) is 8.22. The Morgan fingerprint density at radius 2 is 1.92 bits per heavy atom. The van der Waals surface area contributed by atoms with Crippen LogP contribution in [0.25, 0.3) is 0 Å². The number of nitrogens with one attached hydrogen (secondary N) is 3. The maximum Gasteiger partial charge on any atom is 0.323 e. The first-order valence-electron chi connectivity index (χ1n) is 7.41. The fourth-order valence-corrected chi connectivity index (χ4v) is 2.71. The molecule has 0 bridgehead atoms. The lowest BCUT2D eigenvalue weighted by Gasteiger charge is -2.29. The fraction of sp³-hybridized carbons (Fsp3) is 0.188. The van der Waals surface area contributed by atoms with E-state index in [0.29, 0.717) is 29.5 Å². The number of piperazine rings is 1. The number of carbonyl (C=O) groups excluding carboxylic acids is 2. The average Bonchev–Trinajstić information content (AvgIpc) is 2.55. The molecular weight excluding hydrogens is 330 g/mol. The quantitative estimate of drug-likeness (QED) is 0.796. The molecule has 0 saturated carbocycles. The molecule has 0 unspecified atom stereocenters. The predicted octanol–water partition coefficient (Wildman–Crippen LogP) is 2.32. The number of hydrogen-bond acceptors (Lipinski definition) is 4. The van der Waals surface area contributed by atoms with E-state index in [1.807, 2.05) is 4.90 Å². The van der Waals surface area contributed by atoms with Crippen LogP contribution in [0.4, 0.5) is 21.9 Å². The summed E-state index contributed by atoms with van der Waals surface area (Å²) in [4.78, 5) is 29.2. The van der Waals surface area contributed by atoms with Crippen LogP contribution in [-0.2, 0) is 4.79 Å². The lowest BCUT2D eigenvalue weighted by Crippen LogP contribution is -2.47. The molecule has 124 valence electrons. The van der Waals surface area contributed by atoms with Gasteiger partial charge in [-0.2, -0.15) is 0 Å². The predicted molar refractivity (Wildman–Crippen MR) is 93.6 cm³/mol. The normalized spacial score (nSPS) is 14.0. The molecule has 0 atom stereocenters. The molecule has 8 heteroatoms. The molecule has 1 aliphatic rings. The van der Waals surface area contributed by atoms with Gasteiger partial charge in [0, 0.05) is 36.9 Å². The van der Waals surface area contributed by atoms with Crippen LogP contribution in [-0.4, -0.2) is 36.6 Å². The first-order valence-corrected chi connectivity index (χ1v) is 7.79. The standard InChI is InChI=1S/C16H16ClN5O2/c17-13-9-12(21-16(24)20-11-3-5-18-6-4-11)1-2-14(13)22-8-7-19-15(23)10-22/h1-6,9H,7-8,10H2,(H,19,23)(H2,18,20,21,24). The van der Waals surface area contributed by atoms with Gasteiger partial charge in [-0.05, 0) is 30.3 Å². The summed E-state index contributed by atoms with van der Waals surface area (Å²) in [7, 11) is 0. The number of pyridine rings is 1. The number of urea groups is 1. The van der Waals surface area contributed by atoms with Crippen molar-refractivity contribution in [1.82, 2.24) is 10.3 Å². The lowest BCUT2D eigenvalue weighted by molar-refractivity contribution is -0.120. The van der Waals surface area contributed by atoms with Gasteiger partial charge in [-0.1, -0.05) is 11.6 Å². The minimum absolute atomic E-state index is 0.0313. The fourth-order valence-electron chi connectivity index (χ4n) is 2.41. The van der Waals surface area contributed by atoms with E-state index >= 15 is 0 Å². The van der Waals surface area contributed by atoms with Gasteiger partial charge in [0.2, 0.25) is 5.91 Å². The molecule has 1 fully saturated rings. The second kappa shape index (κ2) is 7.18. The Bertz CT molecular complexity index is 753. The molecule has 1 aliphatic heterocycles. The highest BCUT2D eigenvalue weighted by molar-refractivity contribution is 6.33. The largest absolute Gasteiger partial charge is 0.359 e. The summed E-state index contributed by atoms with van der Waals surface area (Å²) in [5.74, 6) is -0.0313. The third-order valence-electron chi connectivity index (χ3n) is 3.52. The molecule has 3 N–H and O–H groups in total. The SMILES string of the molecule is O=C1CN(c2ccc(NC(=O)Nc3ccncc3)cc2Cl)CCN1. The molecule has 0 spiro atoms. The smallest absolute Gasteiger partial charge is 0.323 e. The molecule has 2 aromatic rings. The number of rotatable bonds is 3. The summed E-state index contributed by atoms with van der Waals surface area (Å²) in [6.45, 7) is 1.55. The molecule has 0 radical (unpaired) electrons. The minimum Gasteiger partial charge on any atom is -0.359 e. The zero-order valence-corrected chi connectivity index (χ0v) is 13.5. The summed E-state index contributed by atoms with van der Waals surface area (Å²) < 4.78 is 0. The molecule has 3 amide bonds. The van der Waals surface area contributed by atoms with E-state index in [1.54, 1.807) is 42.7 Å². The average molecular weight is 346 g/mol. The van der Waals surface area contributed by atoms with Crippen LogP contribution in [0.5, 0.6) is 0 Å². The van der Waals surface area contributed by atoms with E-state index < -0.39 is 0 Å². The molecule has 3 rings (SSSR count). The van der Waals surface area contributed by atoms with E-state index in [-0.39, 0.29) is 18.5 Å². The molecule has 24 heavy (non-hydrogen) atoms. The van der Waals surface area contributed by atoms with E-state index in [2.05, 4.69) is 20.9 Å². The van der Waals surface area contributed by atoms with Gasteiger partial charge in [0.25, 0.3) is 0 Å². The highest BCUT2D eigenvalue weighted by Crippen LogP contribution is 2.29. The molecule has 2 heterocycles. The van der Waals surface area contributed by atoms with E-state index in [4.69, 9.17) is 11.6 Å². The second-order valence-electron chi connectivity index (χ2n) is 5.25. The zero-order valence-electron chi connectivity index (χ0n) is 12.8. The van der Waals surface area contributed by atoms with Crippen molar-refractivity contribution in [1.29, 1.82) is 0 Å². The van der Waals surface area contributed by atoms with E-state index in [9.17, 15) is 9.59 Å². The Hall–Kier alpha value is -2.80. The molecule has 1 aromatic heterocycles. The van der Waals surface area contributed by atoms with E-state index in [0.717, 1.165) is 5.69 Å². The van der Waals surface area contributed by atoms with Crippen LogP contribution < -0.4 is 20.9 Å². The Kier molecular flexibility index (Phi) is 4.81. The summed E-state index contributed by atoms with van der Waals surface area (Å²) in [5, 5.41) is 8.66. The van der Waals surface area contributed by atoms with Crippen LogP contribution in [0.15, 0.2) is 42.7 Å². The van der Waals surface area contributed by atoms with Gasteiger partial charge in [-0.3, -0.25) is 9.78 Å². The Morgan fingerprint density at radius 1 is 1.17 bits per heavy atom. The van der Waals surface area contributed by atoms with Crippen molar-refractivity contribution in [2.45, 2.75) is 0 Å². The van der Waals surface area contributed by atoms with Crippen molar-refractivity contribution in [2.75, 3.05) is 35.2 Å². The maximum atomic E-state index is 12.0. The topological polar surface area (TPSA) is 86.4 Å². The molecule has 7 nitrogen and oxygen atoms in total. The summed E-state index contributed by atoms with van der Waals surface area (Å²) in [6.07, 6.45) is 3.19. The number of carbonyl (C=O) groups is 2. The van der Waals surface area contributed by atoms with Gasteiger partial charge in [-0.15, -0.1) is 0 Å². The first kappa shape index (κ1) is 16.1. The molecule has 0 aliphatic carbocycles. The Balaban J connectivity index is 1.66. The number of nitrogens with zero attached hydrogens (tertiary/aromatic N) is 2. The number of anilines is 3. The van der Waals surface area contributed by atoms with Crippen LogP contribution in [0.2, 0.25) is 5.02 Å². The number of amides is 3. The van der Waals surface area contributed by atoms with Crippen molar-refractivity contribution < 1.29 is 9.59 Å². The molecule has 1 aromatic carbocycles.